The first-order chi connectivity index (χ1) is 9.61. The molecule has 0 radical (unpaired) electrons. The molecule has 20 heavy (non-hydrogen) atoms. The van der Waals surface area contributed by atoms with Crippen LogP contribution in [0.25, 0.3) is 0 Å². The van der Waals surface area contributed by atoms with E-state index in [9.17, 15) is 9.90 Å². The van der Waals surface area contributed by atoms with Crippen molar-refractivity contribution in [2.75, 3.05) is 6.54 Å². The fourth-order valence-electron chi connectivity index (χ4n) is 2.73. The van der Waals surface area contributed by atoms with Gasteiger partial charge in [0.25, 0.3) is 0 Å². The smallest absolute Gasteiger partial charge is 0.305 e. The van der Waals surface area contributed by atoms with E-state index in [0.29, 0.717) is 6.54 Å². The number of fused-ring (bicyclic) bond motifs is 1. The average Bonchev–Trinajstić information content (AvgIpc) is 2.89. The number of carbonyl (C=O) groups is 1. The molecule has 0 bridgehead atoms. The minimum Gasteiger partial charge on any atom is -0.481 e. The lowest BCUT2D eigenvalue weighted by atomic mass is 9.96. The zero-order valence-electron chi connectivity index (χ0n) is 11.5. The maximum absolute atomic E-state index is 10.9. The average molecular weight is 275 g/mol. The van der Waals surface area contributed by atoms with Crippen LogP contribution >= 0.6 is 0 Å². The molecule has 3 N–H and O–H groups in total. The van der Waals surface area contributed by atoms with Crippen molar-refractivity contribution in [1.29, 1.82) is 0 Å². The summed E-state index contributed by atoms with van der Waals surface area (Å²) in [5, 5.41) is 22.4. The molecule has 108 valence electrons. The zero-order chi connectivity index (χ0) is 14.5. The third-order valence-corrected chi connectivity index (χ3v) is 3.76. The van der Waals surface area contributed by atoms with Gasteiger partial charge in [-0.3, -0.25) is 4.79 Å². The van der Waals surface area contributed by atoms with Gasteiger partial charge in [0.1, 0.15) is 0 Å². The summed E-state index contributed by atoms with van der Waals surface area (Å²) < 4.78 is 0. The third kappa shape index (κ3) is 3.46. The van der Waals surface area contributed by atoms with Gasteiger partial charge in [-0.25, -0.2) is 0 Å². The second kappa shape index (κ2) is 6.68. The Hall–Kier alpha value is -1.65. The van der Waals surface area contributed by atoms with Gasteiger partial charge < -0.3 is 15.5 Å². The fraction of sp³-hybridized carbons (Fsp3) is 0.438. The van der Waals surface area contributed by atoms with Gasteiger partial charge in [-0.1, -0.05) is 24.3 Å². The summed E-state index contributed by atoms with van der Waals surface area (Å²) in [6, 6.07) is 5.45. The van der Waals surface area contributed by atoms with Crippen molar-refractivity contribution in [2.45, 2.75) is 37.8 Å². The number of carboxylic acids is 1. The number of carboxylic acid groups (broad SMARTS) is 1. The van der Waals surface area contributed by atoms with E-state index in [-0.39, 0.29) is 6.42 Å². The normalized spacial score (nSPS) is 16.4. The van der Waals surface area contributed by atoms with Gasteiger partial charge in [0.05, 0.1) is 12.5 Å². The number of aliphatic hydroxyl groups is 1. The molecule has 1 aliphatic carbocycles. The molecule has 4 nitrogen and oxygen atoms in total. The lowest BCUT2D eigenvalue weighted by Gasteiger charge is -2.23. The van der Waals surface area contributed by atoms with Crippen molar-refractivity contribution >= 4 is 5.97 Å². The highest BCUT2D eigenvalue weighted by atomic mass is 16.4. The quantitative estimate of drug-likeness (QED) is 0.664. The van der Waals surface area contributed by atoms with E-state index in [1.165, 1.54) is 11.1 Å². The molecule has 0 amide bonds. The number of aryl methyl sites for hydroxylation is 2. The zero-order valence-corrected chi connectivity index (χ0v) is 11.5. The Bertz CT molecular complexity index is 498. The first-order valence-corrected chi connectivity index (χ1v) is 6.97. The second-order valence-corrected chi connectivity index (χ2v) is 5.23. The van der Waals surface area contributed by atoms with Crippen molar-refractivity contribution in [3.8, 4) is 0 Å². The van der Waals surface area contributed by atoms with Crippen LogP contribution < -0.4 is 5.32 Å². The van der Waals surface area contributed by atoms with E-state index in [0.717, 1.165) is 24.8 Å². The maximum Gasteiger partial charge on any atom is 0.305 e. The molecule has 0 saturated carbocycles. The molecule has 0 aliphatic heterocycles. The van der Waals surface area contributed by atoms with Crippen molar-refractivity contribution in [1.82, 2.24) is 5.32 Å². The predicted molar refractivity (Wildman–Crippen MR) is 77.7 cm³/mol. The SMILES string of the molecule is C=CCNC(CC(=O)O)C(O)c1ccc2c(c1)CCC2. The molecular weight excluding hydrogens is 254 g/mol. The molecule has 4 heteroatoms. The van der Waals surface area contributed by atoms with Crippen LogP contribution in [0.15, 0.2) is 30.9 Å². The molecule has 0 fully saturated rings. The minimum absolute atomic E-state index is 0.119. The Morgan fingerprint density at radius 2 is 2.15 bits per heavy atom. The summed E-state index contributed by atoms with van der Waals surface area (Å²) in [5.41, 5.74) is 3.41. The Morgan fingerprint density at radius 3 is 2.85 bits per heavy atom. The second-order valence-electron chi connectivity index (χ2n) is 5.23. The highest BCUT2D eigenvalue weighted by molar-refractivity contribution is 5.67. The van der Waals surface area contributed by atoms with Crippen molar-refractivity contribution in [3.05, 3.63) is 47.5 Å². The molecule has 1 aromatic carbocycles. The lowest BCUT2D eigenvalue weighted by Crippen LogP contribution is -2.37. The molecule has 0 aromatic heterocycles. The topological polar surface area (TPSA) is 69.6 Å². The standard InChI is InChI=1S/C16H21NO3/c1-2-8-17-14(10-15(18)19)16(20)13-7-6-11-4-3-5-12(11)9-13/h2,6-7,9,14,16-17,20H,1,3-5,8,10H2,(H,18,19). The third-order valence-electron chi connectivity index (χ3n) is 3.76. The highest BCUT2D eigenvalue weighted by Gasteiger charge is 2.24. The highest BCUT2D eigenvalue weighted by Crippen LogP contribution is 2.27. The Balaban J connectivity index is 2.14. The van der Waals surface area contributed by atoms with Crippen molar-refractivity contribution in [2.24, 2.45) is 0 Å². The van der Waals surface area contributed by atoms with Gasteiger partial charge >= 0.3 is 5.97 Å². The number of hydrogen-bond acceptors (Lipinski definition) is 3. The van der Waals surface area contributed by atoms with Gasteiger partial charge in [-0.05, 0) is 36.0 Å². The van der Waals surface area contributed by atoms with Crippen LogP contribution in [0.1, 0.15) is 35.6 Å². The van der Waals surface area contributed by atoms with E-state index in [1.54, 1.807) is 6.08 Å². The number of nitrogens with one attached hydrogen (secondary N) is 1. The van der Waals surface area contributed by atoms with E-state index >= 15 is 0 Å². The number of hydrogen-bond donors (Lipinski definition) is 3. The molecule has 2 unspecified atom stereocenters. The number of rotatable bonds is 7. The van der Waals surface area contributed by atoms with Crippen molar-refractivity contribution in [3.63, 3.8) is 0 Å². The number of aliphatic carboxylic acids is 1. The molecule has 2 atom stereocenters. The number of aliphatic hydroxyl groups excluding tert-OH is 1. The summed E-state index contributed by atoms with van der Waals surface area (Å²) in [6.07, 6.45) is 4.01. The first-order valence-electron chi connectivity index (χ1n) is 6.97. The van der Waals surface area contributed by atoms with Crippen molar-refractivity contribution < 1.29 is 15.0 Å². The van der Waals surface area contributed by atoms with E-state index < -0.39 is 18.1 Å². The Morgan fingerprint density at radius 1 is 1.40 bits per heavy atom. The van der Waals surface area contributed by atoms with Gasteiger partial charge in [-0.15, -0.1) is 6.58 Å². The lowest BCUT2D eigenvalue weighted by molar-refractivity contribution is -0.138. The molecule has 0 spiro atoms. The summed E-state index contributed by atoms with van der Waals surface area (Å²) in [6.45, 7) is 4.07. The minimum atomic E-state index is -0.924. The molecule has 1 aromatic rings. The summed E-state index contributed by atoms with van der Waals surface area (Å²) in [4.78, 5) is 10.9. The molecule has 1 aliphatic rings. The molecular formula is C16H21NO3. The molecule has 0 heterocycles. The van der Waals surface area contributed by atoms with Crippen LogP contribution in [0.3, 0.4) is 0 Å². The van der Waals surface area contributed by atoms with Crippen LogP contribution in [0.5, 0.6) is 0 Å². The number of benzene rings is 1. The largest absolute Gasteiger partial charge is 0.481 e. The summed E-state index contributed by atoms with van der Waals surface area (Å²) in [5.74, 6) is -0.924. The van der Waals surface area contributed by atoms with Crippen LogP contribution in [-0.4, -0.2) is 28.8 Å². The monoisotopic (exact) mass is 275 g/mol. The van der Waals surface area contributed by atoms with Gasteiger partial charge in [0.15, 0.2) is 0 Å². The van der Waals surface area contributed by atoms with Crippen LogP contribution in [0.2, 0.25) is 0 Å². The van der Waals surface area contributed by atoms with Crippen LogP contribution in [-0.2, 0) is 17.6 Å². The Kier molecular flexibility index (Phi) is 4.93. The summed E-state index contributed by atoms with van der Waals surface area (Å²) in [7, 11) is 0. The first kappa shape index (κ1) is 14.8. The van der Waals surface area contributed by atoms with Gasteiger partial charge in [-0.2, -0.15) is 0 Å². The van der Waals surface area contributed by atoms with E-state index in [4.69, 9.17) is 5.11 Å². The fourth-order valence-corrected chi connectivity index (χ4v) is 2.73. The maximum atomic E-state index is 10.9. The van der Waals surface area contributed by atoms with E-state index in [2.05, 4.69) is 11.9 Å². The predicted octanol–water partition coefficient (Wildman–Crippen LogP) is 1.83. The molecule has 2 rings (SSSR count). The molecule has 0 saturated heterocycles. The van der Waals surface area contributed by atoms with Crippen LogP contribution in [0.4, 0.5) is 0 Å². The van der Waals surface area contributed by atoms with Crippen LogP contribution in [0, 0.1) is 0 Å². The van der Waals surface area contributed by atoms with Gasteiger partial charge in [0.2, 0.25) is 0 Å². The Labute approximate surface area is 119 Å². The van der Waals surface area contributed by atoms with Gasteiger partial charge in [0, 0.05) is 12.6 Å². The summed E-state index contributed by atoms with van der Waals surface area (Å²) >= 11 is 0. The van der Waals surface area contributed by atoms with E-state index in [1.807, 2.05) is 18.2 Å².